The van der Waals surface area contributed by atoms with Gasteiger partial charge in [-0.25, -0.2) is 0 Å². The zero-order chi connectivity index (χ0) is 18.7. The molecule has 0 aromatic heterocycles. The minimum Gasteiger partial charge on any atom is -0.504 e. The van der Waals surface area contributed by atoms with Crippen molar-refractivity contribution in [3.63, 3.8) is 0 Å². The predicted molar refractivity (Wildman–Crippen MR) is 97.1 cm³/mol. The van der Waals surface area contributed by atoms with E-state index < -0.39 is 5.97 Å². The fourth-order valence-corrected chi connectivity index (χ4v) is 3.61. The van der Waals surface area contributed by atoms with Crippen LogP contribution in [0.15, 0.2) is 30.3 Å². The van der Waals surface area contributed by atoms with Gasteiger partial charge >= 0.3 is 5.97 Å². The second-order valence-corrected chi connectivity index (χ2v) is 6.33. The molecule has 1 atom stereocenters. The number of ether oxygens (including phenoxy) is 2. The van der Waals surface area contributed by atoms with Crippen molar-refractivity contribution in [2.24, 2.45) is 0 Å². The standard InChI is InChI=1S/C20H23NO5/c1-25-16-10-14-7-8-21-15(18(14)19(24)20(16)26-2)9-12-5-3-4-6-13(12)11-17(22)23/h3-6,10,15,21,24H,7-9,11H2,1-2H3,(H,22,23). The molecular weight excluding hydrogens is 334 g/mol. The summed E-state index contributed by atoms with van der Waals surface area (Å²) in [6.07, 6.45) is 1.34. The average molecular weight is 357 g/mol. The number of aliphatic carboxylic acids is 1. The number of rotatable bonds is 6. The average Bonchev–Trinajstić information content (AvgIpc) is 2.62. The highest BCUT2D eigenvalue weighted by atomic mass is 16.5. The Bertz CT molecular complexity index is 818. The van der Waals surface area contributed by atoms with Gasteiger partial charge in [0.15, 0.2) is 11.5 Å². The molecule has 1 aliphatic rings. The van der Waals surface area contributed by atoms with E-state index in [2.05, 4.69) is 5.32 Å². The van der Waals surface area contributed by atoms with Gasteiger partial charge in [0.2, 0.25) is 5.75 Å². The van der Waals surface area contributed by atoms with Crippen molar-refractivity contribution in [2.75, 3.05) is 20.8 Å². The van der Waals surface area contributed by atoms with Crippen LogP contribution in [0, 0.1) is 0 Å². The molecule has 0 saturated heterocycles. The molecule has 3 rings (SSSR count). The molecule has 1 aliphatic heterocycles. The number of benzene rings is 2. The number of hydrogen-bond donors (Lipinski definition) is 3. The van der Waals surface area contributed by atoms with Crippen molar-refractivity contribution in [3.05, 3.63) is 52.6 Å². The molecule has 0 fully saturated rings. The lowest BCUT2D eigenvalue weighted by Crippen LogP contribution is -2.31. The number of carboxylic acid groups (broad SMARTS) is 1. The molecular formula is C20H23NO5. The predicted octanol–water partition coefficient (Wildman–Crippen LogP) is 2.47. The Morgan fingerprint density at radius 3 is 2.62 bits per heavy atom. The Kier molecular flexibility index (Phi) is 5.32. The normalized spacial score (nSPS) is 16.0. The highest BCUT2D eigenvalue weighted by Crippen LogP contribution is 2.45. The molecule has 26 heavy (non-hydrogen) atoms. The van der Waals surface area contributed by atoms with Crippen LogP contribution in [0.2, 0.25) is 0 Å². The molecule has 0 aliphatic carbocycles. The maximum atomic E-state index is 11.1. The number of carbonyl (C=O) groups is 1. The van der Waals surface area contributed by atoms with Crippen LogP contribution in [0.25, 0.3) is 0 Å². The lowest BCUT2D eigenvalue weighted by atomic mass is 9.87. The van der Waals surface area contributed by atoms with Crippen molar-refractivity contribution >= 4 is 5.97 Å². The second-order valence-electron chi connectivity index (χ2n) is 6.33. The molecule has 3 N–H and O–H groups in total. The summed E-state index contributed by atoms with van der Waals surface area (Å²) in [6.45, 7) is 0.772. The number of carboxylic acids is 1. The Hall–Kier alpha value is -2.73. The first-order chi connectivity index (χ1) is 12.5. The Balaban J connectivity index is 2.00. The van der Waals surface area contributed by atoms with Gasteiger partial charge < -0.3 is 25.0 Å². The van der Waals surface area contributed by atoms with Crippen molar-refractivity contribution in [3.8, 4) is 17.2 Å². The van der Waals surface area contributed by atoms with E-state index in [1.54, 1.807) is 7.11 Å². The molecule has 0 radical (unpaired) electrons. The van der Waals surface area contributed by atoms with Gasteiger partial charge in [-0.05, 0) is 42.1 Å². The Morgan fingerprint density at radius 2 is 1.96 bits per heavy atom. The topological polar surface area (TPSA) is 88.0 Å². The van der Waals surface area contributed by atoms with Crippen LogP contribution >= 0.6 is 0 Å². The van der Waals surface area contributed by atoms with Crippen LogP contribution in [0.5, 0.6) is 17.2 Å². The fourth-order valence-electron chi connectivity index (χ4n) is 3.61. The fraction of sp³-hybridized carbons (Fsp3) is 0.350. The number of hydrogen-bond acceptors (Lipinski definition) is 5. The molecule has 2 aromatic rings. The second kappa shape index (κ2) is 7.66. The highest BCUT2D eigenvalue weighted by molar-refractivity contribution is 5.70. The molecule has 6 nitrogen and oxygen atoms in total. The molecule has 0 bridgehead atoms. The number of aromatic hydroxyl groups is 1. The van der Waals surface area contributed by atoms with Crippen LogP contribution in [-0.4, -0.2) is 36.9 Å². The van der Waals surface area contributed by atoms with Crippen LogP contribution < -0.4 is 14.8 Å². The summed E-state index contributed by atoms with van der Waals surface area (Å²) in [5.74, 6) is 0.0490. The SMILES string of the molecule is COc1cc2c(c(O)c1OC)C(Cc1ccccc1CC(=O)O)NCC2. The van der Waals surface area contributed by atoms with Gasteiger partial charge in [0, 0.05) is 11.6 Å². The van der Waals surface area contributed by atoms with Crippen LogP contribution in [-0.2, 0) is 24.1 Å². The third-order valence-electron chi connectivity index (χ3n) is 4.79. The van der Waals surface area contributed by atoms with E-state index in [0.717, 1.165) is 35.2 Å². The van der Waals surface area contributed by atoms with Gasteiger partial charge in [-0.3, -0.25) is 4.79 Å². The summed E-state index contributed by atoms with van der Waals surface area (Å²) in [6, 6.07) is 9.29. The number of phenols is 1. The summed E-state index contributed by atoms with van der Waals surface area (Å²) >= 11 is 0. The first-order valence-corrected chi connectivity index (χ1v) is 8.53. The molecule has 0 amide bonds. The summed E-state index contributed by atoms with van der Waals surface area (Å²) < 4.78 is 10.7. The van der Waals surface area contributed by atoms with Gasteiger partial charge in [0.1, 0.15) is 0 Å². The van der Waals surface area contributed by atoms with Crippen LogP contribution in [0.3, 0.4) is 0 Å². The minimum atomic E-state index is -0.858. The molecule has 0 saturated carbocycles. The van der Waals surface area contributed by atoms with Gasteiger partial charge in [0.05, 0.1) is 20.6 Å². The summed E-state index contributed by atoms with van der Waals surface area (Å²) in [5, 5.41) is 23.3. The zero-order valence-electron chi connectivity index (χ0n) is 14.9. The van der Waals surface area contributed by atoms with E-state index in [1.165, 1.54) is 7.11 Å². The van der Waals surface area contributed by atoms with E-state index in [-0.39, 0.29) is 18.2 Å². The summed E-state index contributed by atoms with van der Waals surface area (Å²) in [7, 11) is 3.04. The lowest BCUT2D eigenvalue weighted by molar-refractivity contribution is -0.136. The highest BCUT2D eigenvalue weighted by Gasteiger charge is 2.28. The Morgan fingerprint density at radius 1 is 1.23 bits per heavy atom. The molecule has 0 spiro atoms. The monoisotopic (exact) mass is 357 g/mol. The zero-order valence-corrected chi connectivity index (χ0v) is 14.9. The number of nitrogens with one attached hydrogen (secondary N) is 1. The van der Waals surface area contributed by atoms with Crippen LogP contribution in [0.1, 0.15) is 28.3 Å². The summed E-state index contributed by atoms with van der Waals surface area (Å²) in [4.78, 5) is 11.1. The van der Waals surface area contributed by atoms with E-state index in [1.807, 2.05) is 30.3 Å². The maximum absolute atomic E-state index is 11.1. The lowest BCUT2D eigenvalue weighted by Gasteiger charge is -2.29. The Labute approximate surface area is 152 Å². The van der Waals surface area contributed by atoms with Gasteiger partial charge in [0.25, 0.3) is 0 Å². The van der Waals surface area contributed by atoms with Crippen molar-refractivity contribution < 1.29 is 24.5 Å². The quantitative estimate of drug-likeness (QED) is 0.736. The summed E-state index contributed by atoms with van der Waals surface area (Å²) in [5.41, 5.74) is 3.54. The molecule has 2 aromatic carbocycles. The van der Waals surface area contributed by atoms with Crippen molar-refractivity contribution in [1.29, 1.82) is 0 Å². The number of methoxy groups -OCH3 is 2. The van der Waals surface area contributed by atoms with E-state index in [4.69, 9.17) is 14.6 Å². The number of fused-ring (bicyclic) bond motifs is 1. The molecule has 1 heterocycles. The first kappa shape index (κ1) is 18.1. The maximum Gasteiger partial charge on any atom is 0.307 e. The van der Waals surface area contributed by atoms with Gasteiger partial charge in [-0.15, -0.1) is 0 Å². The minimum absolute atomic E-state index is 0.0202. The molecule has 6 heteroatoms. The number of phenolic OH excluding ortho intramolecular Hbond substituents is 1. The van der Waals surface area contributed by atoms with Crippen molar-refractivity contribution in [1.82, 2.24) is 5.32 Å². The van der Waals surface area contributed by atoms with E-state index >= 15 is 0 Å². The van der Waals surface area contributed by atoms with E-state index in [0.29, 0.717) is 17.9 Å². The molecule has 138 valence electrons. The van der Waals surface area contributed by atoms with E-state index in [9.17, 15) is 9.90 Å². The largest absolute Gasteiger partial charge is 0.504 e. The third-order valence-corrected chi connectivity index (χ3v) is 4.79. The van der Waals surface area contributed by atoms with Crippen molar-refractivity contribution in [2.45, 2.75) is 25.3 Å². The van der Waals surface area contributed by atoms with Gasteiger partial charge in [-0.1, -0.05) is 24.3 Å². The van der Waals surface area contributed by atoms with Crippen LogP contribution in [0.4, 0.5) is 0 Å². The smallest absolute Gasteiger partial charge is 0.307 e. The molecule has 1 unspecified atom stereocenters. The first-order valence-electron chi connectivity index (χ1n) is 8.53. The third kappa shape index (κ3) is 3.46. The van der Waals surface area contributed by atoms with Gasteiger partial charge in [-0.2, -0.15) is 0 Å².